The lowest BCUT2D eigenvalue weighted by Crippen LogP contribution is -2.43. The third-order valence-corrected chi connectivity index (χ3v) is 6.29. The molecular formula is C27H27F3N4O. The summed E-state index contributed by atoms with van der Waals surface area (Å²) in [4.78, 5) is 7.20. The van der Waals surface area contributed by atoms with E-state index in [1.807, 2.05) is 43.3 Å². The average Bonchev–Trinajstić information content (AvgIpc) is 3.23. The van der Waals surface area contributed by atoms with Gasteiger partial charge in [0.15, 0.2) is 11.9 Å². The van der Waals surface area contributed by atoms with Crippen molar-refractivity contribution in [2.75, 3.05) is 31.1 Å². The summed E-state index contributed by atoms with van der Waals surface area (Å²) in [5.41, 5.74) is 2.97. The highest BCUT2D eigenvalue weighted by Gasteiger charge is 2.30. The molecular weight excluding hydrogens is 453 g/mol. The van der Waals surface area contributed by atoms with Gasteiger partial charge in [0.05, 0.1) is 16.6 Å². The van der Waals surface area contributed by atoms with E-state index in [1.54, 1.807) is 0 Å². The van der Waals surface area contributed by atoms with Crippen LogP contribution < -0.4 is 15.0 Å². The Morgan fingerprint density at radius 2 is 1.69 bits per heavy atom. The van der Waals surface area contributed by atoms with Gasteiger partial charge >= 0.3 is 6.18 Å². The zero-order valence-electron chi connectivity index (χ0n) is 19.4. The summed E-state index contributed by atoms with van der Waals surface area (Å²) >= 11 is 0. The molecule has 1 N–H and O–H groups in total. The fraction of sp³-hybridized carbons (Fsp3) is 0.296. The van der Waals surface area contributed by atoms with Crippen LogP contribution in [0, 0.1) is 0 Å². The molecule has 5 rings (SSSR count). The largest absolute Gasteiger partial charge is 0.483 e. The summed E-state index contributed by atoms with van der Waals surface area (Å²) in [6.45, 7) is 6.01. The summed E-state index contributed by atoms with van der Waals surface area (Å²) in [5, 5.41) is 3.37. The van der Waals surface area contributed by atoms with E-state index < -0.39 is 11.7 Å². The van der Waals surface area contributed by atoms with Gasteiger partial charge < -0.3 is 19.5 Å². The molecule has 0 radical (unpaired) electrons. The van der Waals surface area contributed by atoms with Gasteiger partial charge in [-0.2, -0.15) is 13.2 Å². The quantitative estimate of drug-likeness (QED) is 0.387. The number of aromatic nitrogens is 2. The van der Waals surface area contributed by atoms with Crippen molar-refractivity contribution in [1.82, 2.24) is 14.9 Å². The van der Waals surface area contributed by atoms with Gasteiger partial charge in [0.2, 0.25) is 0 Å². The van der Waals surface area contributed by atoms with Crippen LogP contribution in [-0.2, 0) is 12.7 Å². The standard InChI is InChI=1S/C27H27F3N4O/c1-19(35-23-5-3-2-4-6-23)26-32-24-12-11-22(33-15-13-31-14-16-33)17-25(24)34(26)18-20-7-9-21(10-8-20)27(28,29)30/h2-12,17,19,31H,13-16,18H2,1H3. The molecule has 5 nitrogen and oxygen atoms in total. The summed E-state index contributed by atoms with van der Waals surface area (Å²) in [5.74, 6) is 1.45. The fourth-order valence-electron chi connectivity index (χ4n) is 4.46. The van der Waals surface area contributed by atoms with Gasteiger partial charge in [0, 0.05) is 38.4 Å². The lowest BCUT2D eigenvalue weighted by molar-refractivity contribution is -0.137. The molecule has 1 aromatic heterocycles. The highest BCUT2D eigenvalue weighted by molar-refractivity contribution is 5.81. The van der Waals surface area contributed by atoms with E-state index in [-0.39, 0.29) is 6.10 Å². The van der Waals surface area contributed by atoms with E-state index in [2.05, 4.69) is 26.9 Å². The van der Waals surface area contributed by atoms with Crippen molar-refractivity contribution in [3.8, 4) is 5.75 Å². The Kier molecular flexibility index (Phi) is 6.38. The topological polar surface area (TPSA) is 42.3 Å². The van der Waals surface area contributed by atoms with Crippen molar-refractivity contribution in [3.63, 3.8) is 0 Å². The first kappa shape index (κ1) is 23.2. The molecule has 1 aliphatic rings. The number of anilines is 1. The minimum absolute atomic E-state index is 0.359. The van der Waals surface area contributed by atoms with Gasteiger partial charge in [0.25, 0.3) is 0 Å². The van der Waals surface area contributed by atoms with Crippen molar-refractivity contribution in [3.05, 3.63) is 89.7 Å². The van der Waals surface area contributed by atoms with Gasteiger partial charge in [-0.3, -0.25) is 0 Å². The second-order valence-corrected chi connectivity index (χ2v) is 8.73. The van der Waals surface area contributed by atoms with Crippen LogP contribution in [0.1, 0.15) is 30.0 Å². The number of hydrogen-bond donors (Lipinski definition) is 1. The van der Waals surface area contributed by atoms with Gasteiger partial charge in [-0.25, -0.2) is 4.98 Å². The normalized spacial score (nSPS) is 15.4. The molecule has 1 atom stereocenters. The predicted octanol–water partition coefficient (Wildman–Crippen LogP) is 5.65. The number of alkyl halides is 3. The van der Waals surface area contributed by atoms with E-state index >= 15 is 0 Å². The van der Waals surface area contributed by atoms with Crippen LogP contribution >= 0.6 is 0 Å². The molecule has 1 unspecified atom stereocenters. The predicted molar refractivity (Wildman–Crippen MR) is 131 cm³/mol. The van der Waals surface area contributed by atoms with Crippen LogP contribution in [-0.4, -0.2) is 35.7 Å². The van der Waals surface area contributed by atoms with Crippen molar-refractivity contribution < 1.29 is 17.9 Å². The maximum absolute atomic E-state index is 13.1. The Morgan fingerprint density at radius 1 is 0.971 bits per heavy atom. The van der Waals surface area contributed by atoms with E-state index in [0.29, 0.717) is 6.54 Å². The van der Waals surface area contributed by atoms with Crippen LogP contribution in [0.2, 0.25) is 0 Å². The molecule has 2 heterocycles. The first-order valence-corrected chi connectivity index (χ1v) is 11.7. The summed E-state index contributed by atoms with van der Waals surface area (Å²) < 4.78 is 47.4. The molecule has 0 saturated carbocycles. The fourth-order valence-corrected chi connectivity index (χ4v) is 4.46. The van der Waals surface area contributed by atoms with Gasteiger partial charge in [-0.15, -0.1) is 0 Å². The molecule has 4 aromatic rings. The highest BCUT2D eigenvalue weighted by Crippen LogP contribution is 2.31. The summed E-state index contributed by atoms with van der Waals surface area (Å²) in [7, 11) is 0. The molecule has 182 valence electrons. The first-order chi connectivity index (χ1) is 16.9. The number of ether oxygens (including phenoxy) is 1. The van der Waals surface area contributed by atoms with Gasteiger partial charge in [-0.05, 0) is 55.0 Å². The third kappa shape index (κ3) is 5.12. The number of halogens is 3. The Hall–Kier alpha value is -3.52. The van der Waals surface area contributed by atoms with Gasteiger partial charge in [-0.1, -0.05) is 30.3 Å². The highest BCUT2D eigenvalue weighted by atomic mass is 19.4. The van der Waals surface area contributed by atoms with Crippen LogP contribution in [0.15, 0.2) is 72.8 Å². The Balaban J connectivity index is 1.53. The minimum Gasteiger partial charge on any atom is -0.483 e. The second-order valence-electron chi connectivity index (χ2n) is 8.73. The Labute approximate surface area is 202 Å². The number of nitrogens with one attached hydrogen (secondary N) is 1. The van der Waals surface area contributed by atoms with Crippen LogP contribution in [0.3, 0.4) is 0 Å². The number of nitrogens with zero attached hydrogens (tertiary/aromatic N) is 3. The first-order valence-electron chi connectivity index (χ1n) is 11.7. The molecule has 3 aromatic carbocycles. The summed E-state index contributed by atoms with van der Waals surface area (Å²) in [6, 6.07) is 21.1. The number of rotatable bonds is 6. The minimum atomic E-state index is -4.36. The number of piperazine rings is 1. The van der Waals surface area contributed by atoms with Crippen molar-refractivity contribution in [2.45, 2.75) is 25.7 Å². The molecule has 35 heavy (non-hydrogen) atoms. The zero-order chi connectivity index (χ0) is 24.4. The lowest BCUT2D eigenvalue weighted by Gasteiger charge is -2.29. The zero-order valence-corrected chi connectivity index (χ0v) is 19.4. The molecule has 0 amide bonds. The van der Waals surface area contributed by atoms with Crippen molar-refractivity contribution in [1.29, 1.82) is 0 Å². The maximum Gasteiger partial charge on any atom is 0.416 e. The van der Waals surface area contributed by atoms with E-state index in [9.17, 15) is 13.2 Å². The van der Waals surface area contributed by atoms with Gasteiger partial charge in [0.1, 0.15) is 5.75 Å². The average molecular weight is 481 g/mol. The number of para-hydroxylation sites is 1. The van der Waals surface area contributed by atoms with Crippen LogP contribution in [0.25, 0.3) is 11.0 Å². The van der Waals surface area contributed by atoms with E-state index in [0.717, 1.165) is 72.2 Å². The third-order valence-electron chi connectivity index (χ3n) is 6.29. The van der Waals surface area contributed by atoms with Crippen LogP contribution in [0.5, 0.6) is 5.75 Å². The maximum atomic E-state index is 13.1. The number of benzene rings is 3. The second kappa shape index (κ2) is 9.62. The van der Waals surface area contributed by atoms with E-state index in [1.165, 1.54) is 12.1 Å². The van der Waals surface area contributed by atoms with Crippen molar-refractivity contribution in [2.24, 2.45) is 0 Å². The summed E-state index contributed by atoms with van der Waals surface area (Å²) in [6.07, 6.45) is -4.72. The lowest BCUT2D eigenvalue weighted by atomic mass is 10.1. The Bertz CT molecular complexity index is 1280. The molecule has 1 saturated heterocycles. The molecule has 1 fully saturated rings. The molecule has 0 aliphatic carbocycles. The molecule has 0 bridgehead atoms. The van der Waals surface area contributed by atoms with E-state index in [4.69, 9.17) is 9.72 Å². The monoisotopic (exact) mass is 480 g/mol. The number of fused-ring (bicyclic) bond motifs is 1. The molecule has 1 aliphatic heterocycles. The molecule has 0 spiro atoms. The molecule has 8 heteroatoms. The van der Waals surface area contributed by atoms with Crippen molar-refractivity contribution >= 4 is 16.7 Å². The SMILES string of the molecule is CC(Oc1ccccc1)c1nc2ccc(N3CCNCC3)cc2n1Cc1ccc(C(F)(F)F)cc1. The number of imidazole rings is 1. The number of hydrogen-bond acceptors (Lipinski definition) is 4. The smallest absolute Gasteiger partial charge is 0.416 e. The van der Waals surface area contributed by atoms with Crippen LogP contribution in [0.4, 0.5) is 18.9 Å². The Morgan fingerprint density at radius 3 is 2.37 bits per heavy atom.